The third kappa shape index (κ3) is 3.70. The van der Waals surface area contributed by atoms with Crippen molar-refractivity contribution in [3.8, 4) is 11.1 Å². The van der Waals surface area contributed by atoms with Gasteiger partial charge in [-0.15, -0.1) is 0 Å². The highest BCUT2D eigenvalue weighted by Crippen LogP contribution is 2.29. The SMILES string of the molecule is Nc1[nH]ncc1-c1cccc(N2CCN(C(OC=O)c3ccccc3)CC2)c1. The number of ether oxygens (including phenoxy) is 1. The maximum absolute atomic E-state index is 11.0. The largest absolute Gasteiger partial charge is 0.444 e. The number of aromatic nitrogens is 2. The number of anilines is 2. The summed E-state index contributed by atoms with van der Waals surface area (Å²) in [5.41, 5.74) is 10.0. The first kappa shape index (κ1) is 18.1. The fourth-order valence-electron chi connectivity index (χ4n) is 3.66. The molecule has 4 rings (SSSR count). The van der Waals surface area contributed by atoms with Crippen LogP contribution in [0.15, 0.2) is 60.8 Å². The van der Waals surface area contributed by atoms with Gasteiger partial charge in [0.2, 0.25) is 0 Å². The minimum atomic E-state index is -0.349. The summed E-state index contributed by atoms with van der Waals surface area (Å²) in [7, 11) is 0. The number of nitrogens with two attached hydrogens (primary N) is 1. The summed E-state index contributed by atoms with van der Waals surface area (Å²) < 4.78 is 5.39. The van der Waals surface area contributed by atoms with Gasteiger partial charge in [0, 0.05) is 43.0 Å². The highest BCUT2D eigenvalue weighted by molar-refractivity contribution is 5.75. The number of nitrogen functional groups attached to an aromatic ring is 1. The number of rotatable bonds is 6. The molecule has 1 aliphatic rings. The monoisotopic (exact) mass is 377 g/mol. The molecule has 1 aromatic heterocycles. The van der Waals surface area contributed by atoms with E-state index in [-0.39, 0.29) is 6.23 Å². The van der Waals surface area contributed by atoms with Gasteiger partial charge in [0.1, 0.15) is 5.82 Å². The van der Waals surface area contributed by atoms with Crippen molar-refractivity contribution in [1.82, 2.24) is 15.1 Å². The first-order chi connectivity index (χ1) is 13.8. The van der Waals surface area contributed by atoms with Crippen LogP contribution < -0.4 is 10.6 Å². The molecule has 1 unspecified atom stereocenters. The van der Waals surface area contributed by atoms with E-state index in [1.54, 1.807) is 6.20 Å². The summed E-state index contributed by atoms with van der Waals surface area (Å²) in [6, 6.07) is 18.1. The van der Waals surface area contributed by atoms with Crippen molar-refractivity contribution in [2.75, 3.05) is 36.8 Å². The molecule has 7 nitrogen and oxygen atoms in total. The summed E-state index contributed by atoms with van der Waals surface area (Å²) >= 11 is 0. The van der Waals surface area contributed by atoms with E-state index in [1.807, 2.05) is 42.5 Å². The quantitative estimate of drug-likeness (QED) is 0.642. The van der Waals surface area contributed by atoms with Crippen LogP contribution in [0, 0.1) is 0 Å². The Morgan fingerprint density at radius 2 is 1.86 bits per heavy atom. The van der Waals surface area contributed by atoms with Gasteiger partial charge in [-0.05, 0) is 17.7 Å². The minimum Gasteiger partial charge on any atom is -0.444 e. The van der Waals surface area contributed by atoms with Crippen LogP contribution in [0.1, 0.15) is 11.8 Å². The van der Waals surface area contributed by atoms with Crippen LogP contribution in [0.3, 0.4) is 0 Å². The van der Waals surface area contributed by atoms with Crippen molar-refractivity contribution in [3.05, 3.63) is 66.4 Å². The molecule has 0 amide bonds. The van der Waals surface area contributed by atoms with Gasteiger partial charge in [-0.25, -0.2) is 0 Å². The number of carbonyl (C=O) groups is 1. The predicted molar refractivity (Wildman–Crippen MR) is 109 cm³/mol. The molecule has 0 bridgehead atoms. The van der Waals surface area contributed by atoms with Crippen molar-refractivity contribution < 1.29 is 9.53 Å². The Labute approximate surface area is 163 Å². The van der Waals surface area contributed by atoms with Crippen LogP contribution in [0.4, 0.5) is 11.5 Å². The standard InChI is InChI=1S/C21H23N5O2/c22-20-19(14-23-24-20)17-7-4-8-18(13-17)25-9-11-26(12-10-25)21(28-15-27)16-5-2-1-3-6-16/h1-8,13-15,21H,9-12H2,(H3,22,23,24). The maximum Gasteiger partial charge on any atom is 0.294 e. The highest BCUT2D eigenvalue weighted by atomic mass is 16.5. The third-order valence-corrected chi connectivity index (χ3v) is 5.11. The lowest BCUT2D eigenvalue weighted by Gasteiger charge is -2.39. The number of nitrogens with zero attached hydrogens (tertiary/aromatic N) is 3. The molecule has 3 N–H and O–H groups in total. The molecule has 1 saturated heterocycles. The van der Waals surface area contributed by atoms with Gasteiger partial charge in [-0.1, -0.05) is 42.5 Å². The fraction of sp³-hybridized carbons (Fsp3) is 0.238. The van der Waals surface area contributed by atoms with E-state index in [1.165, 1.54) is 0 Å². The molecule has 7 heteroatoms. The molecule has 2 heterocycles. The zero-order chi connectivity index (χ0) is 19.3. The van der Waals surface area contributed by atoms with E-state index in [4.69, 9.17) is 10.5 Å². The number of aromatic amines is 1. The smallest absolute Gasteiger partial charge is 0.294 e. The molecule has 0 aliphatic carbocycles. The van der Waals surface area contributed by atoms with Gasteiger partial charge in [0.15, 0.2) is 6.23 Å². The molecule has 2 aromatic carbocycles. The molecule has 0 radical (unpaired) electrons. The Morgan fingerprint density at radius 3 is 2.54 bits per heavy atom. The number of nitrogens with one attached hydrogen (secondary N) is 1. The topological polar surface area (TPSA) is 87.5 Å². The van der Waals surface area contributed by atoms with Crippen LogP contribution in [0.25, 0.3) is 11.1 Å². The molecule has 3 aromatic rings. The molecular weight excluding hydrogens is 354 g/mol. The Hall–Kier alpha value is -3.32. The van der Waals surface area contributed by atoms with Crippen LogP contribution in [-0.2, 0) is 9.53 Å². The van der Waals surface area contributed by atoms with Crippen LogP contribution >= 0.6 is 0 Å². The molecule has 28 heavy (non-hydrogen) atoms. The molecule has 1 atom stereocenters. The van der Waals surface area contributed by atoms with Gasteiger partial charge in [0.25, 0.3) is 6.47 Å². The number of hydrogen-bond acceptors (Lipinski definition) is 6. The summed E-state index contributed by atoms with van der Waals surface area (Å²) in [5, 5.41) is 6.78. The Morgan fingerprint density at radius 1 is 1.07 bits per heavy atom. The predicted octanol–water partition coefficient (Wildman–Crippen LogP) is 2.65. The Bertz CT molecular complexity index is 919. The first-order valence-electron chi connectivity index (χ1n) is 9.28. The molecular formula is C21H23N5O2. The van der Waals surface area contributed by atoms with E-state index in [0.717, 1.165) is 48.6 Å². The summed E-state index contributed by atoms with van der Waals surface area (Å²) in [4.78, 5) is 15.5. The lowest BCUT2D eigenvalue weighted by Crippen LogP contribution is -2.48. The summed E-state index contributed by atoms with van der Waals surface area (Å²) in [5.74, 6) is 0.568. The molecule has 0 spiro atoms. The highest BCUT2D eigenvalue weighted by Gasteiger charge is 2.26. The van der Waals surface area contributed by atoms with Gasteiger partial charge >= 0.3 is 0 Å². The molecule has 1 aliphatic heterocycles. The van der Waals surface area contributed by atoms with Gasteiger partial charge in [0.05, 0.1) is 6.20 Å². The Balaban J connectivity index is 1.47. The zero-order valence-electron chi connectivity index (χ0n) is 15.5. The summed E-state index contributed by atoms with van der Waals surface area (Å²) in [6.07, 6.45) is 1.39. The van der Waals surface area contributed by atoms with E-state index in [2.05, 4.69) is 32.1 Å². The van der Waals surface area contributed by atoms with Crippen molar-refractivity contribution in [1.29, 1.82) is 0 Å². The minimum absolute atomic E-state index is 0.349. The number of carbonyl (C=O) groups excluding carboxylic acids is 1. The number of piperazine rings is 1. The third-order valence-electron chi connectivity index (χ3n) is 5.11. The van der Waals surface area contributed by atoms with E-state index in [9.17, 15) is 4.79 Å². The second kappa shape index (κ2) is 8.14. The van der Waals surface area contributed by atoms with Crippen molar-refractivity contribution in [2.45, 2.75) is 6.23 Å². The second-order valence-electron chi connectivity index (χ2n) is 6.77. The number of benzene rings is 2. The van der Waals surface area contributed by atoms with Gasteiger partial charge < -0.3 is 15.4 Å². The molecule has 144 valence electrons. The second-order valence-corrected chi connectivity index (χ2v) is 6.77. The lowest BCUT2D eigenvalue weighted by atomic mass is 10.1. The van der Waals surface area contributed by atoms with Gasteiger partial charge in [-0.2, -0.15) is 5.10 Å². The van der Waals surface area contributed by atoms with Crippen molar-refractivity contribution in [2.24, 2.45) is 0 Å². The average molecular weight is 377 g/mol. The van der Waals surface area contributed by atoms with E-state index in [0.29, 0.717) is 12.3 Å². The van der Waals surface area contributed by atoms with Crippen LogP contribution in [-0.4, -0.2) is 47.7 Å². The molecule has 1 fully saturated rings. The van der Waals surface area contributed by atoms with E-state index >= 15 is 0 Å². The Kier molecular flexibility index (Phi) is 5.25. The van der Waals surface area contributed by atoms with Crippen LogP contribution in [0.5, 0.6) is 0 Å². The maximum atomic E-state index is 11.0. The van der Waals surface area contributed by atoms with Crippen molar-refractivity contribution in [3.63, 3.8) is 0 Å². The lowest BCUT2D eigenvalue weighted by molar-refractivity contribution is -0.144. The number of H-pyrrole nitrogens is 1. The average Bonchev–Trinajstić information content (AvgIpc) is 3.19. The van der Waals surface area contributed by atoms with Crippen LogP contribution in [0.2, 0.25) is 0 Å². The normalized spacial score (nSPS) is 15.9. The fourth-order valence-corrected chi connectivity index (χ4v) is 3.66. The van der Waals surface area contributed by atoms with Gasteiger partial charge in [-0.3, -0.25) is 14.8 Å². The summed E-state index contributed by atoms with van der Waals surface area (Å²) in [6.45, 7) is 3.81. The molecule has 0 saturated carbocycles. The number of hydrogen-bond donors (Lipinski definition) is 2. The van der Waals surface area contributed by atoms with Crippen molar-refractivity contribution >= 4 is 18.0 Å². The first-order valence-corrected chi connectivity index (χ1v) is 9.28. The van der Waals surface area contributed by atoms with E-state index < -0.39 is 0 Å². The zero-order valence-corrected chi connectivity index (χ0v) is 15.5.